The van der Waals surface area contributed by atoms with Crippen LogP contribution in [0.3, 0.4) is 0 Å². The second-order valence-corrected chi connectivity index (χ2v) is 8.10. The zero-order valence-electron chi connectivity index (χ0n) is 14.2. The predicted octanol–water partition coefficient (Wildman–Crippen LogP) is 4.41. The quantitative estimate of drug-likeness (QED) is 0.661. The molecule has 0 aliphatic carbocycles. The Morgan fingerprint density at radius 1 is 1.36 bits per heavy atom. The third-order valence-electron chi connectivity index (χ3n) is 4.28. The second-order valence-electron chi connectivity index (χ2n) is 6.18. The van der Waals surface area contributed by atoms with Gasteiger partial charge in [-0.25, -0.2) is 0 Å². The normalized spacial score (nSPS) is 16.8. The van der Waals surface area contributed by atoms with Crippen LogP contribution in [0, 0.1) is 6.92 Å². The predicted molar refractivity (Wildman–Crippen MR) is 103 cm³/mol. The average Bonchev–Trinajstić information content (AvgIpc) is 3.26. The van der Waals surface area contributed by atoms with Gasteiger partial charge in [0.25, 0.3) is 5.91 Å². The fourth-order valence-corrected chi connectivity index (χ4v) is 3.98. The highest BCUT2D eigenvalue weighted by Gasteiger charge is 2.23. The molecule has 1 aromatic heterocycles. The second kappa shape index (κ2) is 8.83. The maximum Gasteiger partial charge on any atom is 0.260 e. The molecule has 1 amide bonds. The van der Waals surface area contributed by atoms with Crippen LogP contribution >= 0.6 is 27.3 Å². The molecule has 25 heavy (non-hydrogen) atoms. The van der Waals surface area contributed by atoms with Gasteiger partial charge in [-0.15, -0.1) is 11.3 Å². The smallest absolute Gasteiger partial charge is 0.260 e. The SMILES string of the molecule is Cc1ccsc1CN(C[C@@H]1CCCO1)C(=O)COc1ccc(Br)cc1. The topological polar surface area (TPSA) is 38.8 Å². The van der Waals surface area contributed by atoms with Gasteiger partial charge in [0.05, 0.1) is 12.6 Å². The van der Waals surface area contributed by atoms with E-state index in [0.717, 1.165) is 23.9 Å². The third-order valence-corrected chi connectivity index (χ3v) is 5.82. The molecule has 1 fully saturated rings. The van der Waals surface area contributed by atoms with Crippen LogP contribution in [0.1, 0.15) is 23.3 Å². The highest BCUT2D eigenvalue weighted by molar-refractivity contribution is 9.10. The summed E-state index contributed by atoms with van der Waals surface area (Å²) >= 11 is 5.08. The van der Waals surface area contributed by atoms with Gasteiger partial charge in [-0.1, -0.05) is 15.9 Å². The molecule has 1 aliphatic heterocycles. The molecule has 6 heteroatoms. The number of benzene rings is 1. The third kappa shape index (κ3) is 5.30. The fourth-order valence-electron chi connectivity index (χ4n) is 2.80. The minimum atomic E-state index is -0.00813. The number of hydrogen-bond donors (Lipinski definition) is 0. The fraction of sp³-hybridized carbons (Fsp3) is 0.421. The molecule has 4 nitrogen and oxygen atoms in total. The molecule has 0 unspecified atom stereocenters. The summed E-state index contributed by atoms with van der Waals surface area (Å²) in [5, 5.41) is 2.07. The van der Waals surface area contributed by atoms with Crippen molar-refractivity contribution in [1.29, 1.82) is 0 Å². The number of aryl methyl sites for hydroxylation is 1. The van der Waals surface area contributed by atoms with Crippen LogP contribution in [0.5, 0.6) is 5.75 Å². The number of nitrogens with zero attached hydrogens (tertiary/aromatic N) is 1. The molecule has 0 N–H and O–H groups in total. The zero-order valence-corrected chi connectivity index (χ0v) is 16.6. The maximum absolute atomic E-state index is 12.7. The summed E-state index contributed by atoms with van der Waals surface area (Å²) in [6.07, 6.45) is 2.22. The van der Waals surface area contributed by atoms with Crippen LogP contribution in [0.15, 0.2) is 40.2 Å². The number of rotatable bonds is 7. The zero-order chi connectivity index (χ0) is 17.6. The first-order chi connectivity index (χ1) is 12.1. The van der Waals surface area contributed by atoms with Crippen molar-refractivity contribution in [2.75, 3.05) is 19.8 Å². The molecule has 1 aliphatic rings. The van der Waals surface area contributed by atoms with Crippen molar-refractivity contribution in [1.82, 2.24) is 4.90 Å². The molecule has 0 radical (unpaired) electrons. The molecule has 3 rings (SSSR count). The average molecular weight is 424 g/mol. The first-order valence-electron chi connectivity index (χ1n) is 8.42. The largest absolute Gasteiger partial charge is 0.484 e. The van der Waals surface area contributed by atoms with E-state index in [2.05, 4.69) is 34.3 Å². The minimum Gasteiger partial charge on any atom is -0.484 e. The van der Waals surface area contributed by atoms with Gasteiger partial charge in [0.1, 0.15) is 5.75 Å². The summed E-state index contributed by atoms with van der Waals surface area (Å²) in [6.45, 7) is 4.16. The lowest BCUT2D eigenvalue weighted by Gasteiger charge is -2.25. The Morgan fingerprint density at radius 3 is 2.80 bits per heavy atom. The van der Waals surface area contributed by atoms with E-state index in [1.807, 2.05) is 29.2 Å². The number of ether oxygens (including phenoxy) is 2. The van der Waals surface area contributed by atoms with Crippen molar-refractivity contribution in [3.8, 4) is 5.75 Å². The Bertz CT molecular complexity index is 695. The van der Waals surface area contributed by atoms with Crippen molar-refractivity contribution < 1.29 is 14.3 Å². The summed E-state index contributed by atoms with van der Waals surface area (Å²) < 4.78 is 12.4. The van der Waals surface area contributed by atoms with E-state index in [-0.39, 0.29) is 18.6 Å². The lowest BCUT2D eigenvalue weighted by atomic mass is 10.2. The van der Waals surface area contributed by atoms with Gasteiger partial charge in [0.15, 0.2) is 6.61 Å². The Hall–Kier alpha value is -1.37. The Kier molecular flexibility index (Phi) is 6.51. The van der Waals surface area contributed by atoms with E-state index in [1.54, 1.807) is 11.3 Å². The van der Waals surface area contributed by atoms with Crippen molar-refractivity contribution in [3.63, 3.8) is 0 Å². The van der Waals surface area contributed by atoms with Crippen LogP contribution in [0.25, 0.3) is 0 Å². The van der Waals surface area contributed by atoms with Crippen molar-refractivity contribution in [2.24, 2.45) is 0 Å². The molecular weight excluding hydrogens is 402 g/mol. The number of amides is 1. The minimum absolute atomic E-state index is 0.00813. The first kappa shape index (κ1) is 18.4. The van der Waals surface area contributed by atoms with E-state index >= 15 is 0 Å². The molecular formula is C19H22BrNO3S. The van der Waals surface area contributed by atoms with Gasteiger partial charge in [-0.05, 0) is 61.0 Å². The first-order valence-corrected chi connectivity index (χ1v) is 10.1. The van der Waals surface area contributed by atoms with Crippen molar-refractivity contribution in [3.05, 3.63) is 50.6 Å². The monoisotopic (exact) mass is 423 g/mol. The molecule has 134 valence electrons. The van der Waals surface area contributed by atoms with Gasteiger partial charge < -0.3 is 14.4 Å². The van der Waals surface area contributed by atoms with Crippen molar-refractivity contribution >= 4 is 33.2 Å². The van der Waals surface area contributed by atoms with Crippen molar-refractivity contribution in [2.45, 2.75) is 32.4 Å². The molecule has 1 atom stereocenters. The number of thiophene rings is 1. The van der Waals surface area contributed by atoms with E-state index in [9.17, 15) is 4.79 Å². The van der Waals surface area contributed by atoms with Gasteiger partial charge in [0.2, 0.25) is 0 Å². The lowest BCUT2D eigenvalue weighted by molar-refractivity contribution is -0.135. The van der Waals surface area contributed by atoms with Gasteiger partial charge >= 0.3 is 0 Å². The standard InChI is InChI=1S/C19H22BrNO3S/c1-14-8-10-25-18(14)12-21(11-17-3-2-9-23-17)19(22)13-24-16-6-4-15(20)5-7-16/h4-8,10,17H,2-3,9,11-13H2,1H3/t17-/m0/s1. The van der Waals surface area contributed by atoms with E-state index in [0.29, 0.717) is 18.8 Å². The molecule has 0 spiro atoms. The van der Waals surface area contributed by atoms with Crippen LogP contribution in [0.4, 0.5) is 0 Å². The van der Waals surface area contributed by atoms with Crippen LogP contribution in [-0.2, 0) is 16.1 Å². The highest BCUT2D eigenvalue weighted by Crippen LogP contribution is 2.21. The summed E-state index contributed by atoms with van der Waals surface area (Å²) in [6, 6.07) is 9.60. The summed E-state index contributed by atoms with van der Waals surface area (Å²) in [4.78, 5) is 15.8. The van der Waals surface area contributed by atoms with Gasteiger partial charge in [-0.2, -0.15) is 0 Å². The Balaban J connectivity index is 1.63. The molecule has 2 heterocycles. The van der Waals surface area contributed by atoms with Crippen LogP contribution in [0.2, 0.25) is 0 Å². The Morgan fingerprint density at radius 2 is 2.16 bits per heavy atom. The molecule has 1 saturated heterocycles. The molecule has 0 bridgehead atoms. The highest BCUT2D eigenvalue weighted by atomic mass is 79.9. The molecule has 0 saturated carbocycles. The van der Waals surface area contributed by atoms with Gasteiger partial charge in [0, 0.05) is 22.5 Å². The van der Waals surface area contributed by atoms with E-state index < -0.39 is 0 Å². The lowest BCUT2D eigenvalue weighted by Crippen LogP contribution is -2.39. The summed E-state index contributed by atoms with van der Waals surface area (Å²) in [7, 11) is 0. The van der Waals surface area contributed by atoms with E-state index in [1.165, 1.54) is 10.4 Å². The molecule has 2 aromatic rings. The number of halogens is 1. The van der Waals surface area contributed by atoms with E-state index in [4.69, 9.17) is 9.47 Å². The van der Waals surface area contributed by atoms with Crippen LogP contribution in [-0.4, -0.2) is 36.7 Å². The summed E-state index contributed by atoms with van der Waals surface area (Å²) in [5.74, 6) is 0.687. The summed E-state index contributed by atoms with van der Waals surface area (Å²) in [5.41, 5.74) is 1.23. The van der Waals surface area contributed by atoms with Gasteiger partial charge in [-0.3, -0.25) is 4.79 Å². The Labute approximate surface area is 160 Å². The number of carbonyl (C=O) groups is 1. The number of hydrogen-bond acceptors (Lipinski definition) is 4. The maximum atomic E-state index is 12.7. The number of carbonyl (C=O) groups excluding carboxylic acids is 1. The van der Waals surface area contributed by atoms with Crippen LogP contribution < -0.4 is 4.74 Å². The molecule has 1 aromatic carbocycles.